The van der Waals surface area contributed by atoms with Crippen molar-refractivity contribution in [2.75, 3.05) is 23.9 Å². The van der Waals surface area contributed by atoms with Crippen LogP contribution >= 0.6 is 11.3 Å². The van der Waals surface area contributed by atoms with Crippen LogP contribution in [0.15, 0.2) is 65.7 Å². The van der Waals surface area contributed by atoms with E-state index in [4.69, 9.17) is 4.74 Å². The van der Waals surface area contributed by atoms with Crippen molar-refractivity contribution in [2.24, 2.45) is 0 Å². The maximum atomic E-state index is 14.6. The van der Waals surface area contributed by atoms with Gasteiger partial charge >= 0.3 is 0 Å². The van der Waals surface area contributed by atoms with Gasteiger partial charge in [-0.2, -0.15) is 5.10 Å². The third-order valence-electron chi connectivity index (χ3n) is 5.42. The number of aromatic nitrogens is 4. The average molecular weight is 553 g/mol. The Kier molecular flexibility index (Phi) is 6.55. The third kappa shape index (κ3) is 5.19. The molecule has 0 saturated carbocycles. The summed E-state index contributed by atoms with van der Waals surface area (Å²) < 4.78 is 46.3. The van der Waals surface area contributed by atoms with Crippen molar-refractivity contribution in [3.05, 3.63) is 77.7 Å². The number of carbonyl (C=O) groups excluding carboxylic acids is 1. The molecule has 1 amide bonds. The van der Waals surface area contributed by atoms with Gasteiger partial charge in [-0.15, -0.1) is 0 Å². The van der Waals surface area contributed by atoms with Crippen molar-refractivity contribution in [3.63, 3.8) is 0 Å². The molecule has 5 rings (SSSR count). The zero-order chi connectivity index (χ0) is 27.0. The molecule has 194 valence electrons. The summed E-state index contributed by atoms with van der Waals surface area (Å²) in [5.74, 6) is -1.01. The standard InChI is InChI=1S/C25H21FN6O4S2/c1-14-4-6-15(7-5-14)32-22(38(3,34)35)13-20(31-32)23(33)28-19-12-16(8-9-17(19)26)36-21-11-10-18-24(30-21)37-25(27-2)29-18/h4-13H,1-3H3,(H,27,29)(H,28,33). The zero-order valence-electron chi connectivity index (χ0n) is 20.4. The number of hydrogen-bond donors (Lipinski definition) is 2. The topological polar surface area (TPSA) is 128 Å². The number of carbonyl (C=O) groups is 1. The van der Waals surface area contributed by atoms with Gasteiger partial charge in [0.25, 0.3) is 5.91 Å². The Morgan fingerprint density at radius 2 is 1.82 bits per heavy atom. The first-order chi connectivity index (χ1) is 18.1. The number of halogens is 1. The first kappa shape index (κ1) is 25.3. The number of anilines is 2. The Hall–Kier alpha value is -4.36. The molecular formula is C25H21FN6O4S2. The number of rotatable bonds is 7. The molecule has 2 aromatic carbocycles. The van der Waals surface area contributed by atoms with E-state index in [9.17, 15) is 17.6 Å². The number of pyridine rings is 1. The van der Waals surface area contributed by atoms with Crippen LogP contribution in [0, 0.1) is 12.7 Å². The lowest BCUT2D eigenvalue weighted by Gasteiger charge is -2.09. The second-order valence-electron chi connectivity index (χ2n) is 8.33. The van der Waals surface area contributed by atoms with Gasteiger partial charge in [0.15, 0.2) is 25.7 Å². The van der Waals surface area contributed by atoms with Crippen molar-refractivity contribution < 1.29 is 22.3 Å². The van der Waals surface area contributed by atoms with Crippen molar-refractivity contribution in [3.8, 4) is 17.3 Å². The number of amides is 1. The summed E-state index contributed by atoms with van der Waals surface area (Å²) in [6.07, 6.45) is 1.02. The lowest BCUT2D eigenvalue weighted by molar-refractivity contribution is 0.102. The fourth-order valence-corrected chi connectivity index (χ4v) is 5.11. The van der Waals surface area contributed by atoms with E-state index in [0.717, 1.165) is 24.0 Å². The van der Waals surface area contributed by atoms with Crippen LogP contribution in [0.3, 0.4) is 0 Å². The van der Waals surface area contributed by atoms with Crippen molar-refractivity contribution in [1.29, 1.82) is 0 Å². The van der Waals surface area contributed by atoms with Crippen LogP contribution in [0.2, 0.25) is 0 Å². The number of hydrogen-bond acceptors (Lipinski definition) is 9. The summed E-state index contributed by atoms with van der Waals surface area (Å²) in [4.78, 5) is 22.4. The first-order valence-electron chi connectivity index (χ1n) is 11.2. The van der Waals surface area contributed by atoms with Crippen LogP contribution in [-0.2, 0) is 9.84 Å². The number of nitrogens with zero attached hydrogens (tertiary/aromatic N) is 4. The molecule has 0 atom stereocenters. The van der Waals surface area contributed by atoms with Crippen molar-refractivity contribution in [1.82, 2.24) is 19.7 Å². The quantitative estimate of drug-likeness (QED) is 0.294. The first-order valence-corrected chi connectivity index (χ1v) is 13.9. The van der Waals surface area contributed by atoms with Crippen molar-refractivity contribution >= 4 is 48.2 Å². The Morgan fingerprint density at radius 1 is 1.05 bits per heavy atom. The molecule has 2 N–H and O–H groups in total. The largest absolute Gasteiger partial charge is 0.439 e. The SMILES string of the molecule is CNc1nc2ccc(Oc3ccc(F)c(NC(=O)c4cc(S(C)(=O)=O)n(-c5ccc(C)cc5)n4)c3)nc2s1. The van der Waals surface area contributed by atoms with E-state index in [1.54, 1.807) is 43.4 Å². The van der Waals surface area contributed by atoms with E-state index in [0.29, 0.717) is 21.2 Å². The Balaban J connectivity index is 1.41. The predicted molar refractivity (Wildman–Crippen MR) is 143 cm³/mol. The number of sulfone groups is 1. The number of aryl methyl sites for hydroxylation is 1. The fourth-order valence-electron chi connectivity index (χ4n) is 3.54. The van der Waals surface area contributed by atoms with Gasteiger partial charge in [-0.25, -0.2) is 27.5 Å². The van der Waals surface area contributed by atoms with E-state index in [-0.39, 0.29) is 28.0 Å². The van der Waals surface area contributed by atoms with E-state index < -0.39 is 21.6 Å². The van der Waals surface area contributed by atoms with Crippen LogP contribution in [-0.4, -0.2) is 47.4 Å². The molecule has 13 heteroatoms. The fraction of sp³-hybridized carbons (Fsp3) is 0.120. The summed E-state index contributed by atoms with van der Waals surface area (Å²) in [5, 5.41) is 10.1. The van der Waals surface area contributed by atoms with E-state index in [1.807, 2.05) is 6.92 Å². The minimum atomic E-state index is -3.73. The summed E-state index contributed by atoms with van der Waals surface area (Å²) >= 11 is 1.36. The van der Waals surface area contributed by atoms with Crippen molar-refractivity contribution in [2.45, 2.75) is 11.9 Å². The molecule has 10 nitrogen and oxygen atoms in total. The van der Waals surface area contributed by atoms with Gasteiger partial charge < -0.3 is 15.4 Å². The second-order valence-corrected chi connectivity index (χ2v) is 11.3. The average Bonchev–Trinajstić information content (AvgIpc) is 3.51. The third-order valence-corrected chi connectivity index (χ3v) is 7.45. The lowest BCUT2D eigenvalue weighted by atomic mass is 10.2. The highest BCUT2D eigenvalue weighted by atomic mass is 32.2. The summed E-state index contributed by atoms with van der Waals surface area (Å²) in [6.45, 7) is 1.89. The number of fused-ring (bicyclic) bond motifs is 1. The Labute approximate surface area is 221 Å². The van der Waals surface area contributed by atoms with Crippen LogP contribution in [0.1, 0.15) is 16.1 Å². The van der Waals surface area contributed by atoms with Crippen LogP contribution < -0.4 is 15.4 Å². The maximum absolute atomic E-state index is 14.6. The van der Waals surface area contributed by atoms with E-state index in [2.05, 4.69) is 25.7 Å². The molecule has 0 unspecified atom stereocenters. The maximum Gasteiger partial charge on any atom is 0.276 e. The molecule has 0 aliphatic rings. The summed E-state index contributed by atoms with van der Waals surface area (Å²) in [6, 6.07) is 15.4. The van der Waals surface area contributed by atoms with Gasteiger partial charge in [0.05, 0.1) is 11.4 Å². The molecule has 3 heterocycles. The van der Waals surface area contributed by atoms with Crippen LogP contribution in [0.25, 0.3) is 16.0 Å². The zero-order valence-corrected chi connectivity index (χ0v) is 22.0. The second kappa shape index (κ2) is 9.84. The molecule has 3 aromatic heterocycles. The number of benzene rings is 2. The smallest absolute Gasteiger partial charge is 0.276 e. The lowest BCUT2D eigenvalue weighted by Crippen LogP contribution is -2.14. The van der Waals surface area contributed by atoms with Gasteiger partial charge in [-0.1, -0.05) is 29.0 Å². The van der Waals surface area contributed by atoms with E-state index in [1.165, 1.54) is 28.2 Å². The number of thiazole rings is 1. The molecule has 0 saturated heterocycles. The Morgan fingerprint density at radius 3 is 2.53 bits per heavy atom. The number of nitrogens with one attached hydrogen (secondary N) is 2. The highest BCUT2D eigenvalue weighted by Gasteiger charge is 2.22. The van der Waals surface area contributed by atoms with Crippen LogP contribution in [0.5, 0.6) is 11.6 Å². The minimum absolute atomic E-state index is 0.171. The van der Waals surface area contributed by atoms with Gasteiger partial charge in [0.1, 0.15) is 21.9 Å². The molecule has 0 bridgehead atoms. The molecule has 0 aliphatic heterocycles. The molecule has 5 aromatic rings. The van der Waals surface area contributed by atoms with Gasteiger partial charge in [0.2, 0.25) is 5.88 Å². The highest BCUT2D eigenvalue weighted by Crippen LogP contribution is 2.30. The molecule has 0 fully saturated rings. The molecular weight excluding hydrogens is 531 g/mol. The Bertz CT molecular complexity index is 1780. The van der Waals surface area contributed by atoms with Gasteiger partial charge in [0, 0.05) is 31.5 Å². The monoisotopic (exact) mass is 552 g/mol. The molecule has 0 spiro atoms. The molecule has 38 heavy (non-hydrogen) atoms. The molecule has 0 aliphatic carbocycles. The van der Waals surface area contributed by atoms with Gasteiger partial charge in [-0.05, 0) is 37.3 Å². The summed E-state index contributed by atoms with van der Waals surface area (Å²) in [7, 11) is -1.97. The summed E-state index contributed by atoms with van der Waals surface area (Å²) in [5.41, 5.74) is 1.77. The van der Waals surface area contributed by atoms with E-state index >= 15 is 0 Å². The molecule has 0 radical (unpaired) electrons. The minimum Gasteiger partial charge on any atom is -0.439 e. The van der Waals surface area contributed by atoms with Gasteiger partial charge in [-0.3, -0.25) is 4.79 Å². The normalized spacial score (nSPS) is 11.5. The number of ether oxygens (including phenoxy) is 1. The van der Waals surface area contributed by atoms with Crippen LogP contribution in [0.4, 0.5) is 15.2 Å². The highest BCUT2D eigenvalue weighted by molar-refractivity contribution is 7.90. The predicted octanol–water partition coefficient (Wildman–Crippen LogP) is 4.81.